The third-order valence-electron chi connectivity index (χ3n) is 2.81. The van der Waals surface area contributed by atoms with Crippen LogP contribution in [-0.2, 0) is 11.8 Å². The molecule has 0 amide bonds. The van der Waals surface area contributed by atoms with Gasteiger partial charge in [-0.05, 0) is 18.6 Å². The van der Waals surface area contributed by atoms with E-state index in [-0.39, 0.29) is 0 Å². The Morgan fingerprint density at radius 2 is 2.12 bits per heavy atom. The molecule has 0 fully saturated rings. The van der Waals surface area contributed by atoms with Gasteiger partial charge in [0.25, 0.3) is 0 Å². The second-order valence-corrected chi connectivity index (χ2v) is 3.88. The van der Waals surface area contributed by atoms with E-state index in [0.29, 0.717) is 5.69 Å². The molecule has 4 heteroatoms. The highest BCUT2D eigenvalue weighted by Gasteiger charge is 2.20. The quantitative estimate of drug-likeness (QED) is 0.806. The Morgan fingerprint density at radius 3 is 2.69 bits per heavy atom. The molecule has 0 saturated carbocycles. The number of carbonyl (C=O) groups is 1. The van der Waals surface area contributed by atoms with Crippen molar-refractivity contribution in [3.63, 3.8) is 0 Å². The first-order valence-electron chi connectivity index (χ1n) is 4.98. The van der Waals surface area contributed by atoms with Crippen molar-refractivity contribution in [3.05, 3.63) is 35.5 Å². The molecular formula is C12H13NO3. The van der Waals surface area contributed by atoms with E-state index in [1.54, 1.807) is 17.7 Å². The number of nitrogens with zero attached hydrogens (tertiary/aromatic N) is 1. The molecule has 1 heterocycles. The summed E-state index contributed by atoms with van der Waals surface area (Å²) in [6, 6.07) is 7.48. The minimum atomic E-state index is -1.48. The highest BCUT2D eigenvalue weighted by molar-refractivity contribution is 5.86. The van der Waals surface area contributed by atoms with Crippen LogP contribution in [0.25, 0.3) is 10.9 Å². The van der Waals surface area contributed by atoms with Gasteiger partial charge in [0.1, 0.15) is 0 Å². The maximum Gasteiger partial charge on any atom is 0.338 e. The molecule has 16 heavy (non-hydrogen) atoms. The van der Waals surface area contributed by atoms with Crippen LogP contribution in [0.5, 0.6) is 0 Å². The van der Waals surface area contributed by atoms with E-state index in [1.165, 1.54) is 0 Å². The van der Waals surface area contributed by atoms with Gasteiger partial charge in [0.15, 0.2) is 6.10 Å². The first-order chi connectivity index (χ1) is 7.52. The zero-order chi connectivity index (χ0) is 11.9. The summed E-state index contributed by atoms with van der Waals surface area (Å²) in [6.45, 7) is 1.96. The molecule has 0 saturated heterocycles. The van der Waals surface area contributed by atoms with Crippen molar-refractivity contribution in [1.29, 1.82) is 0 Å². The van der Waals surface area contributed by atoms with Crippen LogP contribution in [0.2, 0.25) is 0 Å². The Hall–Kier alpha value is -1.81. The van der Waals surface area contributed by atoms with Gasteiger partial charge in [0.2, 0.25) is 0 Å². The zero-order valence-corrected chi connectivity index (χ0v) is 9.14. The maximum absolute atomic E-state index is 10.8. The number of aryl methyl sites for hydroxylation is 2. The molecule has 2 rings (SSSR count). The molecule has 84 valence electrons. The van der Waals surface area contributed by atoms with E-state index in [0.717, 1.165) is 16.5 Å². The average Bonchev–Trinajstić information content (AvgIpc) is 2.56. The summed E-state index contributed by atoms with van der Waals surface area (Å²) in [6.07, 6.45) is -1.48. The minimum Gasteiger partial charge on any atom is -0.479 e. The van der Waals surface area contributed by atoms with Crippen LogP contribution in [0.3, 0.4) is 0 Å². The fourth-order valence-corrected chi connectivity index (χ4v) is 2.03. The normalized spacial score (nSPS) is 12.9. The van der Waals surface area contributed by atoms with Crippen molar-refractivity contribution in [1.82, 2.24) is 4.57 Å². The number of hydrogen-bond donors (Lipinski definition) is 2. The van der Waals surface area contributed by atoms with E-state index in [9.17, 15) is 9.90 Å². The van der Waals surface area contributed by atoms with E-state index >= 15 is 0 Å². The standard InChI is InChI=1S/C12H13NO3/c1-7-4-3-5-8-6-9(11(14)12(15)16)13(2)10(7)8/h3-6,11,14H,1-2H3,(H,15,16). The highest BCUT2D eigenvalue weighted by atomic mass is 16.4. The molecule has 1 atom stereocenters. The summed E-state index contributed by atoms with van der Waals surface area (Å²) in [5.74, 6) is -1.23. The molecule has 0 bridgehead atoms. The number of aliphatic carboxylic acids is 1. The maximum atomic E-state index is 10.8. The summed E-state index contributed by atoms with van der Waals surface area (Å²) in [5, 5.41) is 19.3. The summed E-state index contributed by atoms with van der Waals surface area (Å²) in [5.41, 5.74) is 2.42. The Balaban J connectivity index is 2.70. The molecule has 1 aromatic carbocycles. The van der Waals surface area contributed by atoms with Gasteiger partial charge in [-0.1, -0.05) is 18.2 Å². The first-order valence-corrected chi connectivity index (χ1v) is 4.98. The number of fused-ring (bicyclic) bond motifs is 1. The third-order valence-corrected chi connectivity index (χ3v) is 2.81. The van der Waals surface area contributed by atoms with Gasteiger partial charge in [-0.25, -0.2) is 4.79 Å². The van der Waals surface area contributed by atoms with Gasteiger partial charge in [0, 0.05) is 12.4 Å². The predicted molar refractivity (Wildman–Crippen MR) is 60.3 cm³/mol. The molecule has 0 spiro atoms. The predicted octanol–water partition coefficient (Wildman–Crippen LogP) is 1.60. The fraction of sp³-hybridized carbons (Fsp3) is 0.250. The Bertz CT molecular complexity index is 557. The number of aromatic nitrogens is 1. The second kappa shape index (κ2) is 3.64. The number of aliphatic hydroxyl groups excluding tert-OH is 1. The van der Waals surface area contributed by atoms with Crippen molar-refractivity contribution < 1.29 is 15.0 Å². The Morgan fingerprint density at radius 1 is 1.44 bits per heavy atom. The van der Waals surface area contributed by atoms with Crippen LogP contribution >= 0.6 is 0 Å². The molecule has 1 aromatic heterocycles. The highest BCUT2D eigenvalue weighted by Crippen LogP contribution is 2.25. The first kappa shape index (κ1) is 10.7. The zero-order valence-electron chi connectivity index (χ0n) is 9.14. The lowest BCUT2D eigenvalue weighted by Gasteiger charge is -2.08. The molecule has 4 nitrogen and oxygen atoms in total. The molecular weight excluding hydrogens is 206 g/mol. The summed E-state index contributed by atoms with van der Waals surface area (Å²) in [7, 11) is 1.76. The van der Waals surface area contributed by atoms with Crippen molar-refractivity contribution in [3.8, 4) is 0 Å². The van der Waals surface area contributed by atoms with Crippen LogP contribution in [0.1, 0.15) is 17.4 Å². The Kier molecular flexibility index (Phi) is 2.44. The number of benzene rings is 1. The molecule has 2 N–H and O–H groups in total. The summed E-state index contributed by atoms with van der Waals surface area (Å²) < 4.78 is 1.73. The topological polar surface area (TPSA) is 62.5 Å². The van der Waals surface area contributed by atoms with Crippen LogP contribution in [0.4, 0.5) is 0 Å². The molecule has 0 radical (unpaired) electrons. The summed E-state index contributed by atoms with van der Waals surface area (Å²) in [4.78, 5) is 10.8. The van der Waals surface area contributed by atoms with Gasteiger partial charge in [-0.15, -0.1) is 0 Å². The lowest BCUT2D eigenvalue weighted by atomic mass is 10.1. The molecule has 2 aromatic rings. The van der Waals surface area contributed by atoms with Crippen molar-refractivity contribution in [2.75, 3.05) is 0 Å². The van der Waals surface area contributed by atoms with Gasteiger partial charge in [0.05, 0.1) is 11.2 Å². The number of carboxylic acid groups (broad SMARTS) is 1. The number of aliphatic hydroxyl groups is 1. The third kappa shape index (κ3) is 1.47. The van der Waals surface area contributed by atoms with E-state index in [2.05, 4.69) is 0 Å². The van der Waals surface area contributed by atoms with Gasteiger partial charge in [-0.2, -0.15) is 0 Å². The van der Waals surface area contributed by atoms with Crippen LogP contribution < -0.4 is 0 Å². The molecule has 0 aliphatic heterocycles. The average molecular weight is 219 g/mol. The van der Waals surface area contributed by atoms with Crippen molar-refractivity contribution in [2.24, 2.45) is 7.05 Å². The van der Waals surface area contributed by atoms with E-state index < -0.39 is 12.1 Å². The van der Waals surface area contributed by atoms with E-state index in [1.807, 2.05) is 25.1 Å². The number of rotatable bonds is 2. The smallest absolute Gasteiger partial charge is 0.338 e. The van der Waals surface area contributed by atoms with Crippen molar-refractivity contribution >= 4 is 16.9 Å². The lowest BCUT2D eigenvalue weighted by Crippen LogP contribution is -2.13. The largest absolute Gasteiger partial charge is 0.479 e. The van der Waals surface area contributed by atoms with Crippen LogP contribution in [0, 0.1) is 6.92 Å². The minimum absolute atomic E-state index is 0.400. The SMILES string of the molecule is Cc1cccc2cc(C(O)C(=O)O)n(C)c12. The number of hydrogen-bond acceptors (Lipinski definition) is 2. The van der Waals surface area contributed by atoms with E-state index in [4.69, 9.17) is 5.11 Å². The fourth-order valence-electron chi connectivity index (χ4n) is 2.03. The molecule has 1 unspecified atom stereocenters. The molecule has 0 aliphatic rings. The van der Waals surface area contributed by atoms with Crippen LogP contribution in [0.15, 0.2) is 24.3 Å². The Labute approximate surface area is 92.7 Å². The number of para-hydroxylation sites is 1. The van der Waals surface area contributed by atoms with Gasteiger partial charge in [-0.3, -0.25) is 0 Å². The van der Waals surface area contributed by atoms with Gasteiger partial charge < -0.3 is 14.8 Å². The second-order valence-electron chi connectivity index (χ2n) is 3.88. The van der Waals surface area contributed by atoms with Crippen molar-refractivity contribution in [2.45, 2.75) is 13.0 Å². The lowest BCUT2D eigenvalue weighted by molar-refractivity contribution is -0.147. The van der Waals surface area contributed by atoms with Gasteiger partial charge >= 0.3 is 5.97 Å². The number of carboxylic acids is 1. The molecule has 0 aliphatic carbocycles. The van der Waals surface area contributed by atoms with Crippen LogP contribution in [-0.4, -0.2) is 20.7 Å². The monoisotopic (exact) mass is 219 g/mol. The summed E-state index contributed by atoms with van der Waals surface area (Å²) >= 11 is 0.